The van der Waals surface area contributed by atoms with Gasteiger partial charge >= 0.3 is 6.09 Å². The number of fused-ring (bicyclic) bond motifs is 9. The minimum Gasteiger partial charge on any atom is -0.444 e. The van der Waals surface area contributed by atoms with Crippen LogP contribution in [0.4, 0.5) is 4.79 Å². The number of nitrogens with zero attached hydrogens (tertiary/aromatic N) is 6. The van der Waals surface area contributed by atoms with Crippen LogP contribution in [0.2, 0.25) is 5.02 Å². The minimum absolute atomic E-state index is 0.0408. The molecule has 2 atom stereocenters. The van der Waals surface area contributed by atoms with Gasteiger partial charge < -0.3 is 19.1 Å². The Bertz CT molecular complexity index is 1790. The molecule has 0 saturated carbocycles. The van der Waals surface area contributed by atoms with Gasteiger partial charge in [0, 0.05) is 64.7 Å². The summed E-state index contributed by atoms with van der Waals surface area (Å²) in [7, 11) is 0. The molecule has 2 aromatic carbocycles. The molecule has 7 rings (SSSR count). The molecule has 0 radical (unpaired) electrons. The SMILES string of the molecule is [2H]C([2H])([2H])N1C(=O)c2cccc(Cl)c2[C@H]2C[C@@H]1c1nc3ccc(-c4cnc(C5CN(C(=O)OC(C)(C)C)C5)nc4)cc3n12. The Balaban J connectivity index is 1.21. The predicted molar refractivity (Wildman–Crippen MR) is 150 cm³/mol. The van der Waals surface area contributed by atoms with E-state index in [0.29, 0.717) is 52.8 Å². The van der Waals surface area contributed by atoms with Crippen LogP contribution >= 0.6 is 11.6 Å². The lowest BCUT2D eigenvalue weighted by molar-refractivity contribution is 0.00751. The number of rotatable bonds is 2. The van der Waals surface area contributed by atoms with Crippen molar-refractivity contribution in [1.29, 1.82) is 0 Å². The van der Waals surface area contributed by atoms with E-state index in [1.807, 2.05) is 43.5 Å². The Morgan fingerprint density at radius 2 is 1.88 bits per heavy atom. The van der Waals surface area contributed by atoms with E-state index in [9.17, 15) is 9.59 Å². The Morgan fingerprint density at radius 1 is 1.10 bits per heavy atom. The average Bonchev–Trinajstić information content (AvgIpc) is 3.39. The number of imidazole rings is 1. The van der Waals surface area contributed by atoms with E-state index in [1.165, 1.54) is 0 Å². The van der Waals surface area contributed by atoms with Crippen LogP contribution in [-0.4, -0.2) is 67.0 Å². The van der Waals surface area contributed by atoms with Crippen molar-refractivity contribution in [2.75, 3.05) is 20.1 Å². The molecule has 2 aromatic heterocycles. The Hall–Kier alpha value is -3.98. The van der Waals surface area contributed by atoms with Crippen molar-refractivity contribution in [1.82, 2.24) is 29.3 Å². The molecule has 1 fully saturated rings. The fourth-order valence-electron chi connectivity index (χ4n) is 5.89. The highest BCUT2D eigenvalue weighted by atomic mass is 35.5. The maximum absolute atomic E-state index is 13.5. The standard InChI is InChI=1S/C30H29ClN6O3/c1-30(2,3)40-29(39)36-14-18(15-36)26-32-12-17(13-33-26)16-8-9-21-22(10-16)37-23-11-24(27(37)34-21)35(4)28(38)19-6-5-7-20(31)25(19)23/h5-10,12-13,18,23-24H,11,14-15H2,1-4H3/t23-,24-/m1/s1/i4D3. The number of amides is 2. The summed E-state index contributed by atoms with van der Waals surface area (Å²) in [5.41, 5.74) is 3.54. The van der Waals surface area contributed by atoms with Crippen molar-refractivity contribution < 1.29 is 18.4 Å². The number of halogens is 1. The molecule has 0 unspecified atom stereocenters. The van der Waals surface area contributed by atoms with Gasteiger partial charge in [-0.1, -0.05) is 23.7 Å². The zero-order valence-electron chi connectivity index (χ0n) is 25.3. The molecule has 5 heterocycles. The highest BCUT2D eigenvalue weighted by Gasteiger charge is 2.44. The highest BCUT2D eigenvalue weighted by Crippen LogP contribution is 2.49. The number of carbonyl (C=O) groups excluding carboxylic acids is 2. The van der Waals surface area contributed by atoms with Gasteiger partial charge in [0.2, 0.25) is 0 Å². The molecule has 0 aliphatic carbocycles. The molecular formula is C30H29ClN6O3. The topological polar surface area (TPSA) is 93.5 Å². The van der Waals surface area contributed by atoms with Crippen molar-refractivity contribution in [2.24, 2.45) is 0 Å². The van der Waals surface area contributed by atoms with Crippen molar-refractivity contribution >= 4 is 34.6 Å². The number of aromatic nitrogens is 4. The van der Waals surface area contributed by atoms with Gasteiger partial charge in [-0.2, -0.15) is 0 Å². The second kappa shape index (κ2) is 8.76. The Labute approximate surface area is 241 Å². The van der Waals surface area contributed by atoms with Crippen LogP contribution in [0.3, 0.4) is 0 Å². The molecule has 2 amide bonds. The Kier molecular flexibility index (Phi) is 4.77. The van der Waals surface area contributed by atoms with E-state index < -0.39 is 24.5 Å². The molecule has 204 valence electrons. The smallest absolute Gasteiger partial charge is 0.410 e. The van der Waals surface area contributed by atoms with Crippen molar-refractivity contribution in [2.45, 2.75) is 50.8 Å². The zero-order valence-corrected chi connectivity index (χ0v) is 23.0. The number of hydrogen-bond acceptors (Lipinski definition) is 6. The number of ether oxygens (including phenoxy) is 1. The van der Waals surface area contributed by atoms with E-state index in [1.54, 1.807) is 35.5 Å². The summed E-state index contributed by atoms with van der Waals surface area (Å²) in [4.78, 5) is 42.4. The van der Waals surface area contributed by atoms with Crippen LogP contribution in [0.25, 0.3) is 22.2 Å². The quantitative estimate of drug-likeness (QED) is 0.317. The Morgan fingerprint density at radius 3 is 2.60 bits per heavy atom. The number of likely N-dealkylation sites (tertiary alicyclic amines) is 1. The molecule has 2 bridgehead atoms. The van der Waals surface area contributed by atoms with Gasteiger partial charge in [-0.05, 0) is 50.6 Å². The first-order valence-electron chi connectivity index (χ1n) is 14.7. The largest absolute Gasteiger partial charge is 0.444 e. The highest BCUT2D eigenvalue weighted by molar-refractivity contribution is 6.32. The molecular weight excluding hydrogens is 528 g/mol. The first-order chi connectivity index (χ1) is 20.3. The second-order valence-electron chi connectivity index (χ2n) is 11.6. The molecule has 0 spiro atoms. The minimum atomic E-state index is -2.65. The molecule has 3 aliphatic heterocycles. The summed E-state index contributed by atoms with van der Waals surface area (Å²) in [5.74, 6) is 0.667. The van der Waals surface area contributed by atoms with Crippen LogP contribution in [0.15, 0.2) is 48.8 Å². The summed E-state index contributed by atoms with van der Waals surface area (Å²) < 4.78 is 32.0. The maximum atomic E-state index is 13.5. The van der Waals surface area contributed by atoms with Gasteiger partial charge in [-0.25, -0.2) is 19.7 Å². The lowest BCUT2D eigenvalue weighted by Gasteiger charge is -2.38. The third kappa shape index (κ3) is 3.86. The number of hydrogen-bond donors (Lipinski definition) is 0. The zero-order chi connectivity index (χ0) is 30.4. The lowest BCUT2D eigenvalue weighted by Crippen LogP contribution is -2.50. The number of carbonyl (C=O) groups is 2. The van der Waals surface area contributed by atoms with E-state index >= 15 is 0 Å². The molecule has 10 heteroatoms. The molecule has 9 nitrogen and oxygen atoms in total. The van der Waals surface area contributed by atoms with E-state index in [2.05, 4.69) is 9.97 Å². The van der Waals surface area contributed by atoms with E-state index in [4.69, 9.17) is 25.4 Å². The third-order valence-electron chi connectivity index (χ3n) is 7.82. The number of benzene rings is 2. The summed E-state index contributed by atoms with van der Waals surface area (Å²) in [6.07, 6.45) is 3.57. The van der Waals surface area contributed by atoms with Crippen LogP contribution in [-0.2, 0) is 4.74 Å². The summed E-state index contributed by atoms with van der Waals surface area (Å²) >= 11 is 6.67. The summed E-state index contributed by atoms with van der Waals surface area (Å²) in [5, 5.41) is 0.415. The summed E-state index contributed by atoms with van der Waals surface area (Å²) in [6.45, 7) is 3.88. The van der Waals surface area contributed by atoms with Crippen LogP contribution < -0.4 is 0 Å². The van der Waals surface area contributed by atoms with Gasteiger partial charge in [0.05, 0.1) is 29.0 Å². The van der Waals surface area contributed by atoms with Gasteiger partial charge in [0.15, 0.2) is 0 Å². The second-order valence-corrected chi connectivity index (χ2v) is 12.0. The van der Waals surface area contributed by atoms with Crippen LogP contribution in [0, 0.1) is 0 Å². The maximum Gasteiger partial charge on any atom is 0.410 e. The molecule has 0 N–H and O–H groups in total. The third-order valence-corrected chi connectivity index (χ3v) is 8.15. The fourth-order valence-corrected chi connectivity index (χ4v) is 6.19. The first kappa shape index (κ1) is 21.8. The predicted octanol–water partition coefficient (Wildman–Crippen LogP) is 5.60. The van der Waals surface area contributed by atoms with E-state index in [0.717, 1.165) is 21.5 Å². The molecule has 3 aliphatic rings. The summed E-state index contributed by atoms with van der Waals surface area (Å²) in [6, 6.07) is 9.75. The van der Waals surface area contributed by atoms with Crippen molar-refractivity contribution in [3.05, 3.63) is 76.6 Å². The van der Waals surface area contributed by atoms with Crippen LogP contribution in [0.5, 0.6) is 0 Å². The normalized spacial score (nSPS) is 21.7. The van der Waals surface area contributed by atoms with Gasteiger partial charge in [-0.15, -0.1) is 0 Å². The monoisotopic (exact) mass is 559 g/mol. The van der Waals surface area contributed by atoms with Crippen LogP contribution in [0.1, 0.15) is 76.9 Å². The van der Waals surface area contributed by atoms with Gasteiger partial charge in [0.1, 0.15) is 17.2 Å². The van der Waals surface area contributed by atoms with Crippen molar-refractivity contribution in [3.63, 3.8) is 0 Å². The molecule has 4 aromatic rings. The van der Waals surface area contributed by atoms with Crippen molar-refractivity contribution in [3.8, 4) is 11.1 Å². The van der Waals surface area contributed by atoms with Gasteiger partial charge in [0.25, 0.3) is 5.91 Å². The van der Waals surface area contributed by atoms with E-state index in [-0.39, 0.29) is 18.1 Å². The lowest BCUT2D eigenvalue weighted by atomic mass is 9.98. The molecule has 1 saturated heterocycles. The average molecular weight is 560 g/mol. The first-order valence-corrected chi connectivity index (χ1v) is 13.6. The molecule has 40 heavy (non-hydrogen) atoms. The van der Waals surface area contributed by atoms with Gasteiger partial charge in [-0.3, -0.25) is 4.79 Å². The fraction of sp³-hybridized carbons (Fsp3) is 0.367.